The number of anilines is 1. The summed E-state index contributed by atoms with van der Waals surface area (Å²) in [7, 11) is 0. The summed E-state index contributed by atoms with van der Waals surface area (Å²) in [4.78, 5) is 23.1. The third-order valence-corrected chi connectivity index (χ3v) is 6.00. The molecule has 0 aliphatic carbocycles. The fourth-order valence-electron chi connectivity index (χ4n) is 4.13. The zero-order chi connectivity index (χ0) is 20.3. The van der Waals surface area contributed by atoms with Crippen LogP contribution in [0.5, 0.6) is 0 Å². The second kappa shape index (κ2) is 8.65. The average molecular weight is 416 g/mol. The van der Waals surface area contributed by atoms with Crippen LogP contribution in [0.15, 0.2) is 30.5 Å². The van der Waals surface area contributed by atoms with E-state index < -0.39 is 5.60 Å². The van der Waals surface area contributed by atoms with Gasteiger partial charge in [0, 0.05) is 30.9 Å². The van der Waals surface area contributed by atoms with Gasteiger partial charge in [0.25, 0.3) is 0 Å². The van der Waals surface area contributed by atoms with Crippen LogP contribution in [-0.2, 0) is 28.0 Å². The van der Waals surface area contributed by atoms with Crippen LogP contribution in [0.1, 0.15) is 29.7 Å². The van der Waals surface area contributed by atoms with Gasteiger partial charge in [0.05, 0.1) is 18.8 Å². The number of nitrogen functional groups attached to an aromatic ring is 1. The zero-order valence-electron chi connectivity index (χ0n) is 16.4. The van der Waals surface area contributed by atoms with Crippen molar-refractivity contribution in [2.75, 3.05) is 38.5 Å². The summed E-state index contributed by atoms with van der Waals surface area (Å²) in [5.41, 5.74) is 8.63. The third-order valence-electron chi connectivity index (χ3n) is 5.74. The second-order valence-electron chi connectivity index (χ2n) is 7.70. The van der Waals surface area contributed by atoms with Gasteiger partial charge in [0.1, 0.15) is 5.60 Å². The predicted molar refractivity (Wildman–Crippen MR) is 112 cm³/mol. The van der Waals surface area contributed by atoms with Crippen molar-refractivity contribution in [1.29, 1.82) is 0 Å². The van der Waals surface area contributed by atoms with Crippen molar-refractivity contribution in [1.82, 2.24) is 20.2 Å². The molecule has 8 heteroatoms. The van der Waals surface area contributed by atoms with Crippen molar-refractivity contribution in [2.45, 2.75) is 31.3 Å². The van der Waals surface area contributed by atoms with Crippen LogP contribution in [0.2, 0.25) is 5.02 Å². The average Bonchev–Trinajstić information content (AvgIpc) is 2.72. The van der Waals surface area contributed by atoms with Crippen molar-refractivity contribution >= 4 is 23.5 Å². The summed E-state index contributed by atoms with van der Waals surface area (Å²) in [6.07, 6.45) is 5.03. The number of piperidine rings is 1. The van der Waals surface area contributed by atoms with E-state index in [4.69, 9.17) is 22.1 Å². The maximum Gasteiger partial charge on any atom is 0.234 e. The summed E-state index contributed by atoms with van der Waals surface area (Å²) < 4.78 is 6.18. The van der Waals surface area contributed by atoms with Gasteiger partial charge in [0.2, 0.25) is 11.9 Å². The van der Waals surface area contributed by atoms with Crippen LogP contribution in [-0.4, -0.2) is 53.6 Å². The van der Waals surface area contributed by atoms with Crippen molar-refractivity contribution < 1.29 is 9.53 Å². The zero-order valence-corrected chi connectivity index (χ0v) is 17.1. The van der Waals surface area contributed by atoms with Crippen LogP contribution in [0.25, 0.3) is 0 Å². The van der Waals surface area contributed by atoms with E-state index in [0.29, 0.717) is 19.7 Å². The minimum Gasteiger partial charge on any atom is -0.368 e. The van der Waals surface area contributed by atoms with Crippen molar-refractivity contribution in [3.05, 3.63) is 52.3 Å². The number of amides is 1. The Labute approximate surface area is 175 Å². The van der Waals surface area contributed by atoms with Crippen molar-refractivity contribution in [3.63, 3.8) is 0 Å². The molecule has 29 heavy (non-hydrogen) atoms. The molecule has 2 aromatic rings. The van der Waals surface area contributed by atoms with E-state index in [1.54, 1.807) is 0 Å². The molecular formula is C21H26ClN5O2. The molecule has 154 valence electrons. The molecule has 1 amide bonds. The molecule has 0 unspecified atom stereocenters. The van der Waals surface area contributed by atoms with E-state index >= 15 is 0 Å². The normalized spacial score (nSPS) is 18.4. The molecule has 2 aliphatic rings. The van der Waals surface area contributed by atoms with Crippen LogP contribution < -0.4 is 11.1 Å². The monoisotopic (exact) mass is 415 g/mol. The molecule has 3 heterocycles. The number of fused-ring (bicyclic) bond motifs is 2. The van der Waals surface area contributed by atoms with Gasteiger partial charge in [0.15, 0.2) is 0 Å². The number of rotatable bonds is 5. The number of aromatic nitrogens is 2. The van der Waals surface area contributed by atoms with Crippen molar-refractivity contribution in [2.24, 2.45) is 0 Å². The fourth-order valence-corrected chi connectivity index (χ4v) is 4.26. The van der Waals surface area contributed by atoms with Gasteiger partial charge in [-0.15, -0.1) is 0 Å². The first-order valence-corrected chi connectivity index (χ1v) is 10.4. The number of carbonyl (C=O) groups excluding carboxylic acids is 1. The van der Waals surface area contributed by atoms with Gasteiger partial charge in [-0.3, -0.25) is 9.69 Å². The third kappa shape index (κ3) is 4.69. The van der Waals surface area contributed by atoms with E-state index in [1.165, 1.54) is 0 Å². The second-order valence-corrected chi connectivity index (χ2v) is 8.13. The SMILES string of the molecule is Nc1ncc2c(n1)C1(CCN(CC(=O)NCCc3ccc(Cl)cc3)CC1)OCC2. The number of nitrogens with two attached hydrogens (primary N) is 1. The highest BCUT2D eigenvalue weighted by Crippen LogP contribution is 2.40. The number of benzene rings is 1. The van der Waals surface area contributed by atoms with E-state index in [9.17, 15) is 4.79 Å². The Hall–Kier alpha value is -2.22. The Morgan fingerprint density at radius 2 is 2.03 bits per heavy atom. The molecule has 1 aromatic carbocycles. The first-order chi connectivity index (χ1) is 14.0. The maximum atomic E-state index is 12.3. The van der Waals surface area contributed by atoms with Gasteiger partial charge in [-0.25, -0.2) is 9.97 Å². The summed E-state index contributed by atoms with van der Waals surface area (Å²) in [5, 5.41) is 3.73. The Morgan fingerprint density at radius 1 is 1.28 bits per heavy atom. The molecule has 7 nitrogen and oxygen atoms in total. The summed E-state index contributed by atoms with van der Waals surface area (Å²) in [6, 6.07) is 7.70. The Kier molecular flexibility index (Phi) is 5.99. The topological polar surface area (TPSA) is 93.4 Å². The predicted octanol–water partition coefficient (Wildman–Crippen LogP) is 1.93. The number of nitrogens with one attached hydrogen (secondary N) is 1. The number of hydrogen-bond acceptors (Lipinski definition) is 6. The molecule has 4 rings (SSSR count). The molecule has 0 saturated carbocycles. The maximum absolute atomic E-state index is 12.3. The van der Waals surface area contributed by atoms with Crippen molar-refractivity contribution in [3.8, 4) is 0 Å². The molecule has 0 radical (unpaired) electrons. The van der Waals surface area contributed by atoms with Gasteiger partial charge < -0.3 is 15.8 Å². The summed E-state index contributed by atoms with van der Waals surface area (Å²) in [5.74, 6) is 0.336. The number of nitrogens with zero attached hydrogens (tertiary/aromatic N) is 3. The Balaban J connectivity index is 1.27. The highest BCUT2D eigenvalue weighted by atomic mass is 35.5. The molecule has 2 aliphatic heterocycles. The molecule has 1 spiro atoms. The highest BCUT2D eigenvalue weighted by Gasteiger charge is 2.42. The van der Waals surface area contributed by atoms with Gasteiger partial charge in [-0.2, -0.15) is 0 Å². The molecule has 1 fully saturated rings. The van der Waals surface area contributed by atoms with E-state index in [1.807, 2.05) is 30.5 Å². The number of likely N-dealkylation sites (tertiary alicyclic amines) is 1. The van der Waals surface area contributed by atoms with Crippen LogP contribution in [0.4, 0.5) is 5.95 Å². The molecular weight excluding hydrogens is 390 g/mol. The Bertz CT molecular complexity index is 866. The minimum atomic E-state index is -0.397. The first kappa shape index (κ1) is 20.1. The lowest BCUT2D eigenvalue weighted by molar-refractivity contribution is -0.126. The van der Waals surface area contributed by atoms with E-state index in [0.717, 1.165) is 60.6 Å². The number of hydrogen-bond donors (Lipinski definition) is 2. The number of ether oxygens (including phenoxy) is 1. The standard InChI is InChI=1S/C21H26ClN5O2/c22-17-3-1-15(2-4-17)5-9-24-18(28)14-27-10-7-21(8-11-27)19-16(6-12-29-21)13-25-20(23)26-19/h1-4,13H,5-12,14H2,(H,24,28)(H2,23,25,26). The fraction of sp³-hybridized carbons (Fsp3) is 0.476. The molecule has 3 N–H and O–H groups in total. The smallest absolute Gasteiger partial charge is 0.234 e. The van der Waals surface area contributed by atoms with E-state index in [2.05, 4.69) is 20.2 Å². The number of halogens is 1. The molecule has 0 bridgehead atoms. The summed E-state index contributed by atoms with van der Waals surface area (Å²) >= 11 is 5.90. The van der Waals surface area contributed by atoms with Gasteiger partial charge in [-0.05, 0) is 48.9 Å². The largest absolute Gasteiger partial charge is 0.368 e. The van der Waals surface area contributed by atoms with Gasteiger partial charge >= 0.3 is 0 Å². The first-order valence-electron chi connectivity index (χ1n) is 10.0. The number of carbonyl (C=O) groups is 1. The molecule has 1 saturated heterocycles. The minimum absolute atomic E-state index is 0.0476. The summed E-state index contributed by atoms with van der Waals surface area (Å²) in [6.45, 7) is 3.26. The lowest BCUT2D eigenvalue weighted by Gasteiger charge is -2.43. The quantitative estimate of drug-likeness (QED) is 0.775. The molecule has 0 atom stereocenters. The van der Waals surface area contributed by atoms with E-state index in [-0.39, 0.29) is 11.9 Å². The van der Waals surface area contributed by atoms with Crippen LogP contribution in [0.3, 0.4) is 0 Å². The van der Waals surface area contributed by atoms with Crippen LogP contribution >= 0.6 is 11.6 Å². The van der Waals surface area contributed by atoms with Crippen LogP contribution in [0, 0.1) is 0 Å². The van der Waals surface area contributed by atoms with Gasteiger partial charge in [-0.1, -0.05) is 23.7 Å². The lowest BCUT2D eigenvalue weighted by Crippen LogP contribution is -2.49. The Morgan fingerprint density at radius 3 is 2.79 bits per heavy atom. The molecule has 1 aromatic heterocycles. The lowest BCUT2D eigenvalue weighted by atomic mass is 9.83. The highest BCUT2D eigenvalue weighted by molar-refractivity contribution is 6.30.